The smallest absolute Gasteiger partial charge is 0.164 e. The summed E-state index contributed by atoms with van der Waals surface area (Å²) in [7, 11) is 0. The first kappa shape index (κ1) is 24.9. The lowest BCUT2D eigenvalue weighted by atomic mass is 9.97. The van der Waals surface area contributed by atoms with Crippen molar-refractivity contribution in [1.82, 2.24) is 15.0 Å². The monoisotopic (exact) mass is 551 g/mol. The molecule has 6 aromatic carbocycles. The van der Waals surface area contributed by atoms with Gasteiger partial charge in [-0.3, -0.25) is 0 Å². The second kappa shape index (κ2) is 10.5. The van der Waals surface area contributed by atoms with Crippen molar-refractivity contribution in [1.29, 1.82) is 0 Å². The van der Waals surface area contributed by atoms with Crippen LogP contribution in [0, 0.1) is 0 Å². The van der Waals surface area contributed by atoms with Crippen LogP contribution in [0.25, 0.3) is 78.4 Å². The summed E-state index contributed by atoms with van der Waals surface area (Å²) in [6.45, 7) is 0. The highest BCUT2D eigenvalue weighted by Crippen LogP contribution is 2.37. The summed E-state index contributed by atoms with van der Waals surface area (Å²) in [6.07, 6.45) is 0. The van der Waals surface area contributed by atoms with E-state index < -0.39 is 0 Å². The van der Waals surface area contributed by atoms with E-state index in [0.29, 0.717) is 17.5 Å². The first-order valence-electron chi connectivity index (χ1n) is 14.3. The molecule has 8 aromatic rings. The van der Waals surface area contributed by atoms with E-state index in [4.69, 9.17) is 19.4 Å². The lowest BCUT2D eigenvalue weighted by molar-refractivity contribution is 0.670. The molecule has 0 atom stereocenters. The Balaban J connectivity index is 1.22. The molecule has 8 rings (SSSR count). The Hall–Kier alpha value is -5.87. The van der Waals surface area contributed by atoms with Crippen LogP contribution < -0.4 is 0 Å². The fraction of sp³-hybridized carbons (Fsp3) is 0. The molecule has 0 unspecified atom stereocenters. The van der Waals surface area contributed by atoms with Crippen molar-refractivity contribution in [2.24, 2.45) is 0 Å². The van der Waals surface area contributed by atoms with Crippen molar-refractivity contribution in [3.05, 3.63) is 152 Å². The molecule has 0 amide bonds. The van der Waals surface area contributed by atoms with Gasteiger partial charge in [0.15, 0.2) is 17.5 Å². The van der Waals surface area contributed by atoms with Gasteiger partial charge in [-0.15, -0.1) is 0 Å². The maximum absolute atomic E-state index is 6.33. The topological polar surface area (TPSA) is 51.8 Å². The second-order valence-electron chi connectivity index (χ2n) is 10.5. The maximum Gasteiger partial charge on any atom is 0.164 e. The summed E-state index contributed by atoms with van der Waals surface area (Å²) < 4.78 is 6.33. The number of hydrogen-bond acceptors (Lipinski definition) is 4. The molecule has 0 aliphatic rings. The van der Waals surface area contributed by atoms with Gasteiger partial charge in [-0.2, -0.15) is 0 Å². The van der Waals surface area contributed by atoms with Gasteiger partial charge in [0.05, 0.1) is 0 Å². The van der Waals surface area contributed by atoms with E-state index >= 15 is 0 Å². The number of rotatable bonds is 5. The van der Waals surface area contributed by atoms with Crippen molar-refractivity contribution in [3.63, 3.8) is 0 Å². The van der Waals surface area contributed by atoms with E-state index in [0.717, 1.165) is 60.9 Å². The molecule has 0 aliphatic carbocycles. The third kappa shape index (κ3) is 4.65. The third-order valence-corrected chi connectivity index (χ3v) is 7.73. The van der Waals surface area contributed by atoms with Crippen LogP contribution in [0.1, 0.15) is 0 Å². The van der Waals surface area contributed by atoms with E-state index in [-0.39, 0.29) is 0 Å². The lowest BCUT2D eigenvalue weighted by Gasteiger charge is -2.10. The fourth-order valence-corrected chi connectivity index (χ4v) is 5.62. The fourth-order valence-electron chi connectivity index (χ4n) is 5.62. The Bertz CT molecular complexity index is 2180. The van der Waals surface area contributed by atoms with Crippen molar-refractivity contribution in [3.8, 4) is 56.4 Å². The summed E-state index contributed by atoms with van der Waals surface area (Å²) >= 11 is 0. The van der Waals surface area contributed by atoms with Gasteiger partial charge in [0.2, 0.25) is 0 Å². The van der Waals surface area contributed by atoms with Crippen molar-refractivity contribution in [2.75, 3.05) is 0 Å². The van der Waals surface area contributed by atoms with Gasteiger partial charge in [0, 0.05) is 33.0 Å². The molecule has 0 N–H and O–H groups in total. The van der Waals surface area contributed by atoms with Crippen LogP contribution in [0.15, 0.2) is 156 Å². The summed E-state index contributed by atoms with van der Waals surface area (Å²) in [5.74, 6) is 1.93. The molecule has 2 heterocycles. The Kier molecular flexibility index (Phi) is 6.08. The van der Waals surface area contributed by atoms with Crippen LogP contribution in [0.2, 0.25) is 0 Å². The maximum atomic E-state index is 6.33. The highest BCUT2D eigenvalue weighted by molar-refractivity contribution is 6.09. The van der Waals surface area contributed by atoms with Crippen LogP contribution in [0.3, 0.4) is 0 Å². The highest BCUT2D eigenvalue weighted by atomic mass is 16.3. The molecule has 0 spiro atoms. The zero-order valence-corrected chi connectivity index (χ0v) is 23.2. The van der Waals surface area contributed by atoms with Crippen LogP contribution in [-0.2, 0) is 0 Å². The molecule has 0 bridgehead atoms. The Morgan fingerprint density at radius 3 is 1.49 bits per heavy atom. The number of aromatic nitrogens is 3. The minimum atomic E-state index is 0.637. The molecule has 4 heteroatoms. The van der Waals surface area contributed by atoms with Crippen LogP contribution in [0.5, 0.6) is 0 Å². The van der Waals surface area contributed by atoms with Gasteiger partial charge < -0.3 is 4.42 Å². The predicted molar refractivity (Wildman–Crippen MR) is 174 cm³/mol. The highest BCUT2D eigenvalue weighted by Gasteiger charge is 2.15. The molecule has 202 valence electrons. The summed E-state index contributed by atoms with van der Waals surface area (Å²) in [4.78, 5) is 14.7. The van der Waals surface area contributed by atoms with E-state index in [9.17, 15) is 0 Å². The van der Waals surface area contributed by atoms with E-state index in [2.05, 4.69) is 78.9 Å². The average Bonchev–Trinajstić information content (AvgIpc) is 3.48. The first-order valence-corrected chi connectivity index (χ1v) is 14.3. The molecule has 0 fully saturated rings. The quantitative estimate of drug-likeness (QED) is 0.214. The molecule has 0 saturated heterocycles. The first-order chi connectivity index (χ1) is 21.3. The molecule has 43 heavy (non-hydrogen) atoms. The molecule has 0 radical (unpaired) electrons. The summed E-state index contributed by atoms with van der Waals surface area (Å²) in [5, 5.41) is 2.25. The predicted octanol–water partition coefficient (Wildman–Crippen LogP) is 10.1. The van der Waals surface area contributed by atoms with Gasteiger partial charge in [0.25, 0.3) is 0 Å². The Morgan fingerprint density at radius 1 is 0.349 bits per heavy atom. The standard InChI is InChI=1S/C39H25N3O/c1-3-12-26(13-4-1)37-40-38(27-14-5-2-6-15-27)42-39(41-37)31-19-10-17-29(25-31)28-16-9-18-30(24-28)32-21-11-22-34-33-20-7-8-23-35(33)43-36(32)34/h1-25H. The van der Waals surface area contributed by atoms with Gasteiger partial charge in [-0.1, -0.05) is 133 Å². The summed E-state index contributed by atoms with van der Waals surface area (Å²) in [5.41, 5.74) is 9.00. The van der Waals surface area contributed by atoms with Crippen molar-refractivity contribution >= 4 is 21.9 Å². The average molecular weight is 552 g/mol. The van der Waals surface area contributed by atoms with Crippen LogP contribution in [-0.4, -0.2) is 15.0 Å². The Morgan fingerprint density at radius 2 is 0.814 bits per heavy atom. The van der Waals surface area contributed by atoms with Gasteiger partial charge >= 0.3 is 0 Å². The van der Waals surface area contributed by atoms with Gasteiger partial charge in [0.1, 0.15) is 11.2 Å². The number of benzene rings is 6. The lowest BCUT2D eigenvalue weighted by Crippen LogP contribution is -2.00. The number of fused-ring (bicyclic) bond motifs is 3. The molecular formula is C39H25N3O. The number of furan rings is 1. The molecule has 0 saturated carbocycles. The molecular weight excluding hydrogens is 526 g/mol. The van der Waals surface area contributed by atoms with Crippen LogP contribution in [0.4, 0.5) is 0 Å². The third-order valence-electron chi connectivity index (χ3n) is 7.73. The van der Waals surface area contributed by atoms with Gasteiger partial charge in [-0.25, -0.2) is 15.0 Å². The molecule has 4 nitrogen and oxygen atoms in total. The Labute approximate surface area is 249 Å². The van der Waals surface area contributed by atoms with E-state index in [1.807, 2.05) is 72.8 Å². The number of nitrogens with zero attached hydrogens (tertiary/aromatic N) is 3. The van der Waals surface area contributed by atoms with Crippen molar-refractivity contribution < 1.29 is 4.42 Å². The zero-order chi connectivity index (χ0) is 28.6. The SMILES string of the molecule is c1ccc(-c2nc(-c3ccccc3)nc(-c3cccc(-c4cccc(-c5cccc6c5oc5ccccc56)c4)c3)n2)cc1. The molecule has 2 aromatic heterocycles. The summed E-state index contributed by atoms with van der Waals surface area (Å²) in [6, 6.07) is 51.6. The number of hydrogen-bond donors (Lipinski definition) is 0. The van der Waals surface area contributed by atoms with E-state index in [1.54, 1.807) is 0 Å². The van der Waals surface area contributed by atoms with Crippen molar-refractivity contribution in [2.45, 2.75) is 0 Å². The minimum absolute atomic E-state index is 0.637. The van der Waals surface area contributed by atoms with Crippen LogP contribution >= 0.6 is 0 Å². The van der Waals surface area contributed by atoms with Gasteiger partial charge in [-0.05, 0) is 34.9 Å². The normalized spacial score (nSPS) is 11.3. The zero-order valence-electron chi connectivity index (χ0n) is 23.2. The molecule has 0 aliphatic heterocycles. The number of para-hydroxylation sites is 2. The minimum Gasteiger partial charge on any atom is -0.455 e. The second-order valence-corrected chi connectivity index (χ2v) is 10.5. The largest absolute Gasteiger partial charge is 0.455 e. The van der Waals surface area contributed by atoms with E-state index in [1.165, 1.54) is 0 Å².